The average Bonchev–Trinajstić information content (AvgIpc) is 3.04. The lowest BCUT2D eigenvalue weighted by Crippen LogP contribution is -2.19. The zero-order chi connectivity index (χ0) is 13.7. The highest BCUT2D eigenvalue weighted by atomic mass is 32.2. The topological polar surface area (TPSA) is 66.3 Å². The second-order valence-corrected chi connectivity index (χ2v) is 6.99. The van der Waals surface area contributed by atoms with Crippen LogP contribution < -0.4 is 4.90 Å². The highest BCUT2D eigenvalue weighted by Gasteiger charge is 2.10. The van der Waals surface area contributed by atoms with Crippen molar-refractivity contribution >= 4 is 45.5 Å². The first-order chi connectivity index (χ1) is 9.15. The third-order valence-electron chi connectivity index (χ3n) is 2.32. The standard InChI is InChI=1S/C11H13N3O2S3/c1-14(5-4-8-3-2-6-17-8)10-12-13-11(19-10)18-7-9(15)16/h2-3,6H,4-5,7H2,1H3,(H,15,16). The summed E-state index contributed by atoms with van der Waals surface area (Å²) < 4.78 is 0.695. The molecule has 0 amide bonds. The number of thioether (sulfide) groups is 1. The van der Waals surface area contributed by atoms with Crippen molar-refractivity contribution in [3.63, 3.8) is 0 Å². The van der Waals surface area contributed by atoms with Crippen molar-refractivity contribution < 1.29 is 9.90 Å². The second kappa shape index (κ2) is 6.88. The number of aliphatic carboxylic acids is 1. The molecule has 0 unspecified atom stereocenters. The molecule has 0 spiro atoms. The molecule has 0 saturated heterocycles. The molecular formula is C11H13N3O2S3. The van der Waals surface area contributed by atoms with Gasteiger partial charge in [0.05, 0.1) is 5.75 Å². The fraction of sp³-hybridized carbons (Fsp3) is 0.364. The van der Waals surface area contributed by atoms with E-state index in [0.717, 1.165) is 18.1 Å². The summed E-state index contributed by atoms with van der Waals surface area (Å²) >= 11 is 4.38. The number of carboxylic acid groups (broad SMARTS) is 1. The minimum Gasteiger partial charge on any atom is -0.481 e. The fourth-order valence-corrected chi connectivity index (χ4v) is 3.61. The monoisotopic (exact) mass is 315 g/mol. The predicted octanol–water partition coefficient (Wildman–Crippen LogP) is 2.46. The molecule has 0 aromatic carbocycles. The molecule has 2 heterocycles. The van der Waals surface area contributed by atoms with Crippen LogP contribution in [0.3, 0.4) is 0 Å². The van der Waals surface area contributed by atoms with Crippen molar-refractivity contribution in [2.75, 3.05) is 24.2 Å². The van der Waals surface area contributed by atoms with Crippen LogP contribution in [-0.4, -0.2) is 40.6 Å². The van der Waals surface area contributed by atoms with E-state index in [1.54, 1.807) is 11.3 Å². The fourth-order valence-electron chi connectivity index (χ4n) is 1.37. The maximum atomic E-state index is 10.5. The Morgan fingerprint density at radius 3 is 3.05 bits per heavy atom. The number of carboxylic acids is 1. The average molecular weight is 315 g/mol. The second-order valence-electron chi connectivity index (χ2n) is 3.78. The van der Waals surface area contributed by atoms with Gasteiger partial charge in [0.2, 0.25) is 5.13 Å². The van der Waals surface area contributed by atoms with Crippen molar-refractivity contribution in [3.8, 4) is 0 Å². The Morgan fingerprint density at radius 1 is 1.53 bits per heavy atom. The van der Waals surface area contributed by atoms with E-state index in [0.29, 0.717) is 4.34 Å². The first-order valence-electron chi connectivity index (χ1n) is 5.57. The molecule has 0 aliphatic carbocycles. The number of aromatic nitrogens is 2. The van der Waals surface area contributed by atoms with Crippen LogP contribution in [0.4, 0.5) is 5.13 Å². The molecule has 0 radical (unpaired) electrons. The molecule has 19 heavy (non-hydrogen) atoms. The van der Waals surface area contributed by atoms with Crippen LogP contribution in [0, 0.1) is 0 Å². The SMILES string of the molecule is CN(CCc1cccs1)c1nnc(SCC(=O)O)s1. The minimum absolute atomic E-state index is 0.0214. The van der Waals surface area contributed by atoms with Crippen LogP contribution in [0.5, 0.6) is 0 Å². The lowest BCUT2D eigenvalue weighted by Gasteiger charge is -2.13. The summed E-state index contributed by atoms with van der Waals surface area (Å²) in [4.78, 5) is 13.9. The summed E-state index contributed by atoms with van der Waals surface area (Å²) in [5.74, 6) is -0.819. The number of hydrogen-bond donors (Lipinski definition) is 1. The van der Waals surface area contributed by atoms with Crippen LogP contribution in [0.25, 0.3) is 0 Å². The number of anilines is 1. The van der Waals surface area contributed by atoms with E-state index in [4.69, 9.17) is 5.11 Å². The quantitative estimate of drug-likeness (QED) is 0.792. The van der Waals surface area contributed by atoms with Gasteiger partial charge in [0, 0.05) is 18.5 Å². The van der Waals surface area contributed by atoms with Crippen molar-refractivity contribution in [2.24, 2.45) is 0 Å². The van der Waals surface area contributed by atoms with E-state index < -0.39 is 5.97 Å². The smallest absolute Gasteiger partial charge is 0.313 e. The summed E-state index contributed by atoms with van der Waals surface area (Å²) in [6.07, 6.45) is 0.978. The van der Waals surface area contributed by atoms with E-state index in [2.05, 4.69) is 21.6 Å². The van der Waals surface area contributed by atoms with Crippen LogP contribution in [-0.2, 0) is 11.2 Å². The summed E-state index contributed by atoms with van der Waals surface area (Å²) in [5, 5.41) is 19.6. The van der Waals surface area contributed by atoms with Gasteiger partial charge >= 0.3 is 5.97 Å². The normalized spacial score (nSPS) is 10.6. The molecule has 2 aromatic rings. The van der Waals surface area contributed by atoms with E-state index >= 15 is 0 Å². The third-order valence-corrected chi connectivity index (χ3v) is 5.41. The van der Waals surface area contributed by atoms with Crippen LogP contribution in [0.15, 0.2) is 21.9 Å². The number of nitrogens with zero attached hydrogens (tertiary/aromatic N) is 3. The highest BCUT2D eigenvalue weighted by Crippen LogP contribution is 2.27. The molecule has 0 atom stereocenters. The van der Waals surface area contributed by atoms with Gasteiger partial charge in [0.15, 0.2) is 4.34 Å². The van der Waals surface area contributed by atoms with Crippen molar-refractivity contribution in [2.45, 2.75) is 10.8 Å². The first-order valence-corrected chi connectivity index (χ1v) is 8.25. The van der Waals surface area contributed by atoms with Gasteiger partial charge in [-0.05, 0) is 17.9 Å². The van der Waals surface area contributed by atoms with E-state index in [1.165, 1.54) is 28.0 Å². The first kappa shape index (κ1) is 14.3. The van der Waals surface area contributed by atoms with Gasteiger partial charge < -0.3 is 10.0 Å². The van der Waals surface area contributed by atoms with Crippen LogP contribution >= 0.6 is 34.4 Å². The summed E-state index contributed by atoms with van der Waals surface area (Å²) in [5.41, 5.74) is 0. The lowest BCUT2D eigenvalue weighted by molar-refractivity contribution is -0.133. The van der Waals surface area contributed by atoms with Gasteiger partial charge in [-0.3, -0.25) is 4.79 Å². The molecule has 102 valence electrons. The van der Waals surface area contributed by atoms with Gasteiger partial charge in [-0.25, -0.2) is 0 Å². The van der Waals surface area contributed by atoms with Crippen molar-refractivity contribution in [1.29, 1.82) is 0 Å². The number of likely N-dealkylation sites (N-methyl/N-ethyl adjacent to an activating group) is 1. The molecule has 0 bridgehead atoms. The molecule has 0 saturated carbocycles. The molecule has 8 heteroatoms. The van der Waals surface area contributed by atoms with Crippen molar-refractivity contribution in [3.05, 3.63) is 22.4 Å². The molecular weight excluding hydrogens is 302 g/mol. The number of carbonyl (C=O) groups is 1. The summed E-state index contributed by atoms with van der Waals surface area (Å²) in [6, 6.07) is 4.17. The molecule has 1 N–H and O–H groups in total. The lowest BCUT2D eigenvalue weighted by atomic mass is 10.3. The Labute approximate surface area is 123 Å². The Kier molecular flexibility index (Phi) is 5.17. The number of thiophene rings is 1. The minimum atomic E-state index is -0.840. The summed E-state index contributed by atoms with van der Waals surface area (Å²) in [6.45, 7) is 0.874. The molecule has 5 nitrogen and oxygen atoms in total. The largest absolute Gasteiger partial charge is 0.481 e. The molecule has 0 fully saturated rings. The maximum absolute atomic E-state index is 10.5. The third kappa shape index (κ3) is 4.48. The van der Waals surface area contributed by atoms with Gasteiger partial charge in [0.25, 0.3) is 0 Å². The van der Waals surface area contributed by atoms with E-state index in [-0.39, 0.29) is 5.75 Å². The molecule has 0 aliphatic rings. The van der Waals surface area contributed by atoms with Gasteiger partial charge in [-0.2, -0.15) is 0 Å². The summed E-state index contributed by atoms with van der Waals surface area (Å²) in [7, 11) is 1.97. The van der Waals surface area contributed by atoms with E-state index in [1.807, 2.05) is 18.0 Å². The van der Waals surface area contributed by atoms with Crippen LogP contribution in [0.1, 0.15) is 4.88 Å². The van der Waals surface area contributed by atoms with Gasteiger partial charge in [0.1, 0.15) is 0 Å². The molecule has 2 aromatic heterocycles. The Bertz CT molecular complexity index is 527. The zero-order valence-corrected chi connectivity index (χ0v) is 12.7. The zero-order valence-electron chi connectivity index (χ0n) is 10.3. The molecule has 0 aliphatic heterocycles. The number of hydrogen-bond acceptors (Lipinski definition) is 7. The Hall–Kier alpha value is -1.12. The highest BCUT2D eigenvalue weighted by molar-refractivity contribution is 8.01. The maximum Gasteiger partial charge on any atom is 0.313 e. The predicted molar refractivity (Wildman–Crippen MR) is 79.6 cm³/mol. The Morgan fingerprint density at radius 2 is 2.37 bits per heavy atom. The van der Waals surface area contributed by atoms with Gasteiger partial charge in [-0.15, -0.1) is 21.5 Å². The van der Waals surface area contributed by atoms with Crippen LogP contribution in [0.2, 0.25) is 0 Å². The van der Waals surface area contributed by atoms with Crippen molar-refractivity contribution in [1.82, 2.24) is 10.2 Å². The van der Waals surface area contributed by atoms with E-state index in [9.17, 15) is 4.79 Å². The number of rotatable bonds is 7. The van der Waals surface area contributed by atoms with Gasteiger partial charge in [-0.1, -0.05) is 29.2 Å². The Balaban J connectivity index is 1.85. The molecule has 2 rings (SSSR count).